The highest BCUT2D eigenvalue weighted by Crippen LogP contribution is 2.28. The second-order valence-electron chi connectivity index (χ2n) is 6.65. The fourth-order valence-corrected chi connectivity index (χ4v) is 3.18. The van der Waals surface area contributed by atoms with E-state index in [1.807, 2.05) is 24.3 Å². The number of hydrogen-bond donors (Lipinski definition) is 1. The largest absolute Gasteiger partial charge is 0.479 e. The summed E-state index contributed by atoms with van der Waals surface area (Å²) >= 11 is 0. The SMILES string of the molecule is CCCCCCCC(Oc1ccc(C2=CCCCC2)cc1)C(=O)O. The van der Waals surface area contributed by atoms with Gasteiger partial charge in [-0.3, -0.25) is 0 Å². The summed E-state index contributed by atoms with van der Waals surface area (Å²) in [5, 5.41) is 9.36. The summed E-state index contributed by atoms with van der Waals surface area (Å²) in [6, 6.07) is 7.90. The van der Waals surface area contributed by atoms with Crippen LogP contribution in [-0.2, 0) is 4.79 Å². The van der Waals surface area contributed by atoms with Crippen LogP contribution in [0.1, 0.15) is 76.7 Å². The van der Waals surface area contributed by atoms with E-state index < -0.39 is 12.1 Å². The molecule has 3 heteroatoms. The van der Waals surface area contributed by atoms with Crippen molar-refractivity contribution in [3.05, 3.63) is 35.9 Å². The Morgan fingerprint density at radius 3 is 2.50 bits per heavy atom. The minimum absolute atomic E-state index is 0.575. The van der Waals surface area contributed by atoms with Gasteiger partial charge < -0.3 is 9.84 Å². The van der Waals surface area contributed by atoms with E-state index in [9.17, 15) is 9.90 Å². The molecule has 2 rings (SSSR count). The summed E-state index contributed by atoms with van der Waals surface area (Å²) < 4.78 is 5.71. The third-order valence-electron chi connectivity index (χ3n) is 4.64. The second-order valence-corrected chi connectivity index (χ2v) is 6.65. The van der Waals surface area contributed by atoms with Crippen molar-refractivity contribution < 1.29 is 14.6 Å². The number of carboxylic acids is 1. The third-order valence-corrected chi connectivity index (χ3v) is 4.64. The van der Waals surface area contributed by atoms with E-state index in [0.29, 0.717) is 12.2 Å². The number of allylic oxidation sites excluding steroid dienone is 2. The summed E-state index contributed by atoms with van der Waals surface area (Å²) in [6.07, 6.45) is 12.5. The van der Waals surface area contributed by atoms with Crippen LogP contribution in [0.4, 0.5) is 0 Å². The van der Waals surface area contributed by atoms with E-state index in [4.69, 9.17) is 4.74 Å². The smallest absolute Gasteiger partial charge is 0.344 e. The summed E-state index contributed by atoms with van der Waals surface area (Å²) in [5.74, 6) is -0.222. The Bertz CT molecular complexity index is 531. The molecule has 0 fully saturated rings. The van der Waals surface area contributed by atoms with Gasteiger partial charge in [0.15, 0.2) is 6.10 Å². The van der Waals surface area contributed by atoms with Crippen molar-refractivity contribution in [1.82, 2.24) is 0 Å². The van der Waals surface area contributed by atoms with Crippen molar-refractivity contribution in [3.8, 4) is 5.75 Å². The number of carbonyl (C=O) groups is 1. The molecule has 1 atom stereocenters. The van der Waals surface area contributed by atoms with Gasteiger partial charge in [0.1, 0.15) is 5.75 Å². The van der Waals surface area contributed by atoms with E-state index in [0.717, 1.165) is 25.7 Å². The van der Waals surface area contributed by atoms with E-state index in [-0.39, 0.29) is 0 Å². The maximum atomic E-state index is 11.4. The highest BCUT2D eigenvalue weighted by Gasteiger charge is 2.19. The highest BCUT2D eigenvalue weighted by atomic mass is 16.5. The fourth-order valence-electron chi connectivity index (χ4n) is 3.18. The molecule has 3 nitrogen and oxygen atoms in total. The van der Waals surface area contributed by atoms with E-state index in [2.05, 4.69) is 13.0 Å². The molecule has 1 N–H and O–H groups in total. The van der Waals surface area contributed by atoms with Gasteiger partial charge in [-0.05, 0) is 61.8 Å². The summed E-state index contributed by atoms with van der Waals surface area (Å²) in [4.78, 5) is 11.4. The van der Waals surface area contributed by atoms with Crippen LogP contribution in [-0.4, -0.2) is 17.2 Å². The minimum Gasteiger partial charge on any atom is -0.479 e. The van der Waals surface area contributed by atoms with Crippen LogP contribution in [0.25, 0.3) is 5.57 Å². The second kappa shape index (κ2) is 10.2. The van der Waals surface area contributed by atoms with Crippen molar-refractivity contribution in [2.24, 2.45) is 0 Å². The fraction of sp³-hybridized carbons (Fsp3) is 0.571. The van der Waals surface area contributed by atoms with Crippen molar-refractivity contribution in [1.29, 1.82) is 0 Å². The molecule has 0 spiro atoms. The van der Waals surface area contributed by atoms with Gasteiger partial charge in [-0.15, -0.1) is 0 Å². The van der Waals surface area contributed by atoms with E-state index in [1.165, 1.54) is 43.2 Å². The van der Waals surface area contributed by atoms with Crippen LogP contribution in [0.3, 0.4) is 0 Å². The van der Waals surface area contributed by atoms with Gasteiger partial charge in [0, 0.05) is 0 Å². The first kappa shape index (κ1) is 18.6. The Labute approximate surface area is 145 Å². The van der Waals surface area contributed by atoms with Crippen LogP contribution >= 0.6 is 0 Å². The minimum atomic E-state index is -0.871. The molecule has 0 amide bonds. The number of aliphatic carboxylic acids is 1. The lowest BCUT2D eigenvalue weighted by atomic mass is 9.94. The Balaban J connectivity index is 1.87. The lowest BCUT2D eigenvalue weighted by Gasteiger charge is -2.16. The molecule has 132 valence electrons. The first-order chi connectivity index (χ1) is 11.7. The number of carboxylic acid groups (broad SMARTS) is 1. The molecular weight excluding hydrogens is 300 g/mol. The van der Waals surface area contributed by atoms with E-state index in [1.54, 1.807) is 0 Å². The van der Waals surface area contributed by atoms with Crippen LogP contribution in [0, 0.1) is 0 Å². The molecule has 1 unspecified atom stereocenters. The standard InChI is InChI=1S/C21H30O3/c1-2-3-4-5-9-12-20(21(22)23)24-19-15-13-18(14-16-19)17-10-7-6-8-11-17/h10,13-16,20H,2-9,11-12H2,1H3,(H,22,23). The number of unbranched alkanes of at least 4 members (excludes halogenated alkanes) is 4. The number of hydrogen-bond acceptors (Lipinski definition) is 2. The highest BCUT2D eigenvalue weighted by molar-refractivity contribution is 5.73. The normalized spacial score (nSPS) is 15.6. The van der Waals surface area contributed by atoms with Crippen molar-refractivity contribution in [2.45, 2.75) is 77.2 Å². The monoisotopic (exact) mass is 330 g/mol. The van der Waals surface area contributed by atoms with Crippen LogP contribution in [0.15, 0.2) is 30.3 Å². The van der Waals surface area contributed by atoms with Gasteiger partial charge in [0.2, 0.25) is 0 Å². The quantitative estimate of drug-likeness (QED) is 0.548. The maximum Gasteiger partial charge on any atom is 0.344 e. The zero-order valence-corrected chi connectivity index (χ0v) is 14.8. The average Bonchev–Trinajstić information content (AvgIpc) is 2.61. The van der Waals surface area contributed by atoms with Crippen molar-refractivity contribution in [3.63, 3.8) is 0 Å². The molecule has 0 bridgehead atoms. The molecule has 1 aromatic carbocycles. The molecule has 24 heavy (non-hydrogen) atoms. The van der Waals surface area contributed by atoms with Gasteiger partial charge in [-0.25, -0.2) is 4.79 Å². The lowest BCUT2D eigenvalue weighted by Crippen LogP contribution is -2.26. The molecule has 0 saturated heterocycles. The molecule has 0 saturated carbocycles. The van der Waals surface area contributed by atoms with Crippen LogP contribution in [0.2, 0.25) is 0 Å². The van der Waals surface area contributed by atoms with Gasteiger partial charge in [-0.1, -0.05) is 50.8 Å². The Kier molecular flexibility index (Phi) is 7.87. The molecule has 1 aromatic rings. The Hall–Kier alpha value is -1.77. The van der Waals surface area contributed by atoms with Crippen molar-refractivity contribution >= 4 is 11.5 Å². The molecule has 0 radical (unpaired) electrons. The first-order valence-electron chi connectivity index (χ1n) is 9.39. The number of ether oxygens (including phenoxy) is 1. The molecule has 1 aliphatic carbocycles. The third kappa shape index (κ3) is 6.03. The first-order valence-corrected chi connectivity index (χ1v) is 9.39. The molecular formula is C21H30O3. The molecule has 1 aliphatic rings. The van der Waals surface area contributed by atoms with Crippen LogP contribution < -0.4 is 4.74 Å². The maximum absolute atomic E-state index is 11.4. The van der Waals surface area contributed by atoms with Crippen LogP contribution in [0.5, 0.6) is 5.75 Å². The number of benzene rings is 1. The van der Waals surface area contributed by atoms with Gasteiger partial charge in [0.25, 0.3) is 0 Å². The number of rotatable bonds is 10. The van der Waals surface area contributed by atoms with Crippen molar-refractivity contribution in [2.75, 3.05) is 0 Å². The summed E-state index contributed by atoms with van der Waals surface area (Å²) in [5.41, 5.74) is 2.63. The lowest BCUT2D eigenvalue weighted by molar-refractivity contribution is -0.145. The predicted molar refractivity (Wildman–Crippen MR) is 98.3 cm³/mol. The van der Waals surface area contributed by atoms with Gasteiger partial charge >= 0.3 is 5.97 Å². The molecule has 0 heterocycles. The zero-order valence-electron chi connectivity index (χ0n) is 14.8. The molecule has 0 aliphatic heterocycles. The van der Waals surface area contributed by atoms with E-state index >= 15 is 0 Å². The summed E-state index contributed by atoms with van der Waals surface area (Å²) in [6.45, 7) is 2.18. The summed E-state index contributed by atoms with van der Waals surface area (Å²) in [7, 11) is 0. The van der Waals surface area contributed by atoms with Gasteiger partial charge in [-0.2, -0.15) is 0 Å². The molecule has 0 aromatic heterocycles. The average molecular weight is 330 g/mol. The Morgan fingerprint density at radius 1 is 1.12 bits per heavy atom. The Morgan fingerprint density at radius 2 is 1.88 bits per heavy atom. The zero-order chi connectivity index (χ0) is 17.2. The predicted octanol–water partition coefficient (Wildman–Crippen LogP) is 5.84. The van der Waals surface area contributed by atoms with Gasteiger partial charge in [0.05, 0.1) is 0 Å². The topological polar surface area (TPSA) is 46.5 Å².